The molecular weight excluding hydrogens is 515 g/mol. The summed E-state index contributed by atoms with van der Waals surface area (Å²) in [5.74, 6) is -0.264. The van der Waals surface area contributed by atoms with E-state index < -0.39 is 17.8 Å². The van der Waals surface area contributed by atoms with Gasteiger partial charge in [0.2, 0.25) is 0 Å². The van der Waals surface area contributed by atoms with E-state index in [-0.39, 0.29) is 27.8 Å². The molecule has 0 radical (unpaired) electrons. The molecule has 3 rings (SSSR count). The van der Waals surface area contributed by atoms with E-state index in [0.29, 0.717) is 16.9 Å². The number of carbonyl (C=O) groups excluding carboxylic acids is 1. The predicted octanol–water partition coefficient (Wildman–Crippen LogP) is 6.50. The molecular formula is C28H25ClF3N5O. The van der Waals surface area contributed by atoms with Crippen LogP contribution in [0.25, 0.3) is 0 Å². The largest absolute Gasteiger partial charge is 0.430 e. The molecule has 6 nitrogen and oxygen atoms in total. The molecule has 3 aromatic carbocycles. The van der Waals surface area contributed by atoms with Crippen molar-refractivity contribution >= 4 is 40.4 Å². The molecule has 5 N–H and O–H groups in total. The van der Waals surface area contributed by atoms with E-state index in [2.05, 4.69) is 15.3 Å². The van der Waals surface area contributed by atoms with E-state index in [1.165, 1.54) is 30.3 Å². The zero-order valence-electron chi connectivity index (χ0n) is 20.6. The molecule has 0 spiro atoms. The molecule has 0 aliphatic rings. The molecule has 1 amide bonds. The highest BCUT2D eigenvalue weighted by Crippen LogP contribution is 2.27. The average molecular weight is 540 g/mol. The summed E-state index contributed by atoms with van der Waals surface area (Å²) in [4.78, 5) is 21.6. The van der Waals surface area contributed by atoms with Crippen LogP contribution in [0.5, 0.6) is 0 Å². The van der Waals surface area contributed by atoms with Gasteiger partial charge in [-0.15, -0.1) is 0 Å². The summed E-state index contributed by atoms with van der Waals surface area (Å²) in [6.07, 6.45) is -2.51. The molecule has 0 fully saturated rings. The number of amidine groups is 1. The number of benzene rings is 3. The van der Waals surface area contributed by atoms with Gasteiger partial charge in [0.25, 0.3) is 5.91 Å². The highest BCUT2D eigenvalue weighted by Gasteiger charge is 2.31. The van der Waals surface area contributed by atoms with Gasteiger partial charge in [0.1, 0.15) is 11.5 Å². The lowest BCUT2D eigenvalue weighted by molar-refractivity contribution is -0.0925. The lowest BCUT2D eigenvalue weighted by Crippen LogP contribution is -2.29. The van der Waals surface area contributed by atoms with Crippen LogP contribution in [0.15, 0.2) is 106 Å². The van der Waals surface area contributed by atoms with Gasteiger partial charge in [-0.2, -0.15) is 13.2 Å². The molecule has 0 aromatic heterocycles. The molecule has 0 saturated heterocycles. The summed E-state index contributed by atoms with van der Waals surface area (Å²) in [6.45, 7) is 3.60. The first-order valence-corrected chi connectivity index (χ1v) is 11.7. The van der Waals surface area contributed by atoms with Crippen LogP contribution < -0.4 is 16.8 Å². The molecule has 0 heterocycles. The molecule has 0 atom stereocenters. The quantitative estimate of drug-likeness (QED) is 0.246. The Kier molecular flexibility index (Phi) is 9.09. The van der Waals surface area contributed by atoms with Crippen LogP contribution in [-0.2, 0) is 0 Å². The van der Waals surface area contributed by atoms with Gasteiger partial charge >= 0.3 is 6.18 Å². The lowest BCUT2D eigenvalue weighted by Gasteiger charge is -2.10. The number of nitrogens with one attached hydrogen (secondary N) is 1. The molecule has 0 unspecified atom stereocenters. The van der Waals surface area contributed by atoms with Crippen LogP contribution in [0.2, 0.25) is 5.02 Å². The summed E-state index contributed by atoms with van der Waals surface area (Å²) < 4.78 is 39.4. The van der Waals surface area contributed by atoms with Crippen molar-refractivity contribution in [1.82, 2.24) is 5.32 Å². The van der Waals surface area contributed by atoms with Gasteiger partial charge in [0.05, 0.1) is 22.1 Å². The summed E-state index contributed by atoms with van der Waals surface area (Å²) in [6, 6.07) is 19.7. The Labute approximate surface area is 223 Å². The van der Waals surface area contributed by atoms with Crippen molar-refractivity contribution in [3.8, 4) is 0 Å². The first-order valence-electron chi connectivity index (χ1n) is 11.3. The Hall–Kier alpha value is -4.37. The Bertz CT molecular complexity index is 1420. The molecule has 0 aliphatic heterocycles. The molecule has 10 heteroatoms. The van der Waals surface area contributed by atoms with E-state index in [9.17, 15) is 18.0 Å². The second-order valence-corrected chi connectivity index (χ2v) is 8.71. The maximum atomic E-state index is 13.1. The third-order valence-electron chi connectivity index (χ3n) is 5.05. The normalized spacial score (nSPS) is 13.4. The molecule has 196 valence electrons. The Balaban J connectivity index is 1.93. The van der Waals surface area contributed by atoms with Crippen molar-refractivity contribution in [2.45, 2.75) is 20.0 Å². The molecule has 38 heavy (non-hydrogen) atoms. The third kappa shape index (κ3) is 8.07. The van der Waals surface area contributed by atoms with Gasteiger partial charge in [0, 0.05) is 16.8 Å². The number of rotatable bonds is 6. The van der Waals surface area contributed by atoms with Crippen molar-refractivity contribution < 1.29 is 18.0 Å². The predicted molar refractivity (Wildman–Crippen MR) is 146 cm³/mol. The summed E-state index contributed by atoms with van der Waals surface area (Å²) >= 11 is 6.14. The van der Waals surface area contributed by atoms with E-state index in [0.717, 1.165) is 11.6 Å². The number of carbonyl (C=O) groups is 1. The smallest absolute Gasteiger partial charge is 0.402 e. The fraction of sp³-hybridized carbons (Fsp3) is 0.107. The number of para-hydroxylation sites is 1. The number of nitrogens with two attached hydrogens (primary N) is 2. The Morgan fingerprint density at radius 2 is 1.50 bits per heavy atom. The second-order valence-electron chi connectivity index (χ2n) is 8.30. The van der Waals surface area contributed by atoms with Crippen LogP contribution in [0.1, 0.15) is 28.4 Å². The SMILES string of the molecule is CC(N)=CC(=Nc1ccc(C)cc1)NC(=O)c1ccc(C(C=C(N)C(F)(F)F)=Nc2ccccc2Cl)cc1. The maximum Gasteiger partial charge on any atom is 0.430 e. The van der Waals surface area contributed by atoms with Gasteiger partial charge in [-0.25, -0.2) is 9.98 Å². The van der Waals surface area contributed by atoms with Gasteiger partial charge < -0.3 is 16.8 Å². The van der Waals surface area contributed by atoms with Crippen LogP contribution in [0.3, 0.4) is 0 Å². The number of halogens is 4. The first-order chi connectivity index (χ1) is 17.9. The number of aliphatic imine (C=N–C) groups is 2. The van der Waals surface area contributed by atoms with Crippen LogP contribution in [0, 0.1) is 6.92 Å². The van der Waals surface area contributed by atoms with E-state index in [4.69, 9.17) is 23.1 Å². The van der Waals surface area contributed by atoms with E-state index >= 15 is 0 Å². The van der Waals surface area contributed by atoms with Crippen LogP contribution in [-0.4, -0.2) is 23.6 Å². The summed E-state index contributed by atoms with van der Waals surface area (Å²) in [7, 11) is 0. The monoisotopic (exact) mass is 539 g/mol. The highest BCUT2D eigenvalue weighted by molar-refractivity contribution is 6.33. The van der Waals surface area contributed by atoms with Gasteiger partial charge in [-0.05, 0) is 62.4 Å². The zero-order valence-corrected chi connectivity index (χ0v) is 21.3. The van der Waals surface area contributed by atoms with Crippen molar-refractivity contribution in [1.29, 1.82) is 0 Å². The fourth-order valence-corrected chi connectivity index (χ4v) is 3.31. The highest BCUT2D eigenvalue weighted by atomic mass is 35.5. The molecule has 0 aliphatic carbocycles. The standard InChI is InChI=1S/C28H25ClF3N5O/c1-17-7-13-21(14-8-17)35-26(15-18(2)33)37-27(38)20-11-9-19(10-12-20)24(16-25(34)28(30,31)32)36-23-6-4-3-5-22(23)29/h3-16H,33-34H2,1-2H3,(H,35,37,38). The lowest BCUT2D eigenvalue weighted by atomic mass is 10.1. The van der Waals surface area contributed by atoms with Crippen LogP contribution >= 0.6 is 11.6 Å². The number of nitrogens with zero attached hydrogens (tertiary/aromatic N) is 2. The third-order valence-corrected chi connectivity index (χ3v) is 5.36. The van der Waals surface area contributed by atoms with Gasteiger partial charge in [-0.3, -0.25) is 4.79 Å². The molecule has 3 aromatic rings. The maximum absolute atomic E-state index is 13.1. The Morgan fingerprint density at radius 1 is 0.895 bits per heavy atom. The van der Waals surface area contributed by atoms with Crippen molar-refractivity contribution in [3.05, 3.63) is 118 Å². The van der Waals surface area contributed by atoms with Crippen LogP contribution in [0.4, 0.5) is 24.5 Å². The second kappa shape index (κ2) is 12.2. The summed E-state index contributed by atoms with van der Waals surface area (Å²) in [5, 5.41) is 2.96. The Morgan fingerprint density at radius 3 is 2.08 bits per heavy atom. The van der Waals surface area contributed by atoms with Gasteiger partial charge in [0.15, 0.2) is 0 Å². The fourth-order valence-electron chi connectivity index (χ4n) is 3.13. The van der Waals surface area contributed by atoms with Crippen molar-refractivity contribution in [2.24, 2.45) is 21.5 Å². The van der Waals surface area contributed by atoms with E-state index in [1.54, 1.807) is 43.3 Å². The zero-order chi connectivity index (χ0) is 27.9. The number of alkyl halides is 3. The molecule has 0 saturated carbocycles. The van der Waals surface area contributed by atoms with E-state index in [1.807, 2.05) is 19.1 Å². The number of hydrogen-bond acceptors (Lipinski definition) is 5. The molecule has 0 bridgehead atoms. The number of allylic oxidation sites excluding steroid dienone is 3. The minimum Gasteiger partial charge on any atom is -0.402 e. The van der Waals surface area contributed by atoms with Gasteiger partial charge in [-0.1, -0.05) is 53.6 Å². The minimum absolute atomic E-state index is 0.0804. The van der Waals surface area contributed by atoms with Crippen molar-refractivity contribution in [2.75, 3.05) is 0 Å². The average Bonchev–Trinajstić information content (AvgIpc) is 2.85. The number of amides is 1. The first kappa shape index (κ1) is 28.2. The summed E-state index contributed by atoms with van der Waals surface area (Å²) in [5.41, 5.74) is 12.5. The van der Waals surface area contributed by atoms with Crippen molar-refractivity contribution in [3.63, 3.8) is 0 Å². The number of hydrogen-bond donors (Lipinski definition) is 3. The topological polar surface area (TPSA) is 106 Å². The number of aryl methyl sites for hydroxylation is 1. The minimum atomic E-state index is -4.75.